The van der Waals surface area contributed by atoms with Crippen LogP contribution < -0.4 is 11.1 Å². The average Bonchev–Trinajstić information content (AvgIpc) is 2.47. The highest BCUT2D eigenvalue weighted by atomic mass is 79.9. The van der Waals surface area contributed by atoms with Crippen molar-refractivity contribution in [2.24, 2.45) is 10.9 Å². The number of amides is 1. The Kier molecular flexibility index (Phi) is 4.77. The summed E-state index contributed by atoms with van der Waals surface area (Å²) in [6, 6.07) is 8.01. The first-order valence-electron chi connectivity index (χ1n) is 5.72. The lowest BCUT2D eigenvalue weighted by Gasteiger charge is -2.11. The van der Waals surface area contributed by atoms with Crippen molar-refractivity contribution in [3.05, 3.63) is 57.3 Å². The van der Waals surface area contributed by atoms with Gasteiger partial charge in [0.2, 0.25) is 0 Å². The standard InChI is InChI=1S/C13H10BrClN4O2/c14-9-2-1-5-17-11(9)13(20)18-10-6-7(15)3-4-8(10)12(16)19-21/h1-6,21H,(H2,16,19)(H,18,20). The number of benzene rings is 1. The molecule has 0 aliphatic rings. The van der Waals surface area contributed by atoms with Gasteiger partial charge in [-0.1, -0.05) is 16.8 Å². The van der Waals surface area contributed by atoms with E-state index in [9.17, 15) is 4.79 Å². The van der Waals surface area contributed by atoms with E-state index in [4.69, 9.17) is 22.5 Å². The summed E-state index contributed by atoms with van der Waals surface area (Å²) in [7, 11) is 0. The molecule has 0 atom stereocenters. The van der Waals surface area contributed by atoms with Crippen LogP contribution in [0.1, 0.15) is 16.1 Å². The molecule has 0 aliphatic carbocycles. The van der Waals surface area contributed by atoms with Crippen LogP contribution in [0.5, 0.6) is 0 Å². The fourth-order valence-electron chi connectivity index (χ4n) is 1.63. The molecule has 2 rings (SSSR count). The summed E-state index contributed by atoms with van der Waals surface area (Å²) < 4.78 is 0.551. The van der Waals surface area contributed by atoms with E-state index >= 15 is 0 Å². The van der Waals surface area contributed by atoms with Crippen molar-refractivity contribution in [3.8, 4) is 0 Å². The molecule has 8 heteroatoms. The second-order valence-corrected chi connectivity index (χ2v) is 5.25. The minimum absolute atomic E-state index is 0.137. The van der Waals surface area contributed by atoms with Gasteiger partial charge in [0.05, 0.1) is 5.69 Å². The molecule has 0 saturated carbocycles. The molecule has 0 bridgehead atoms. The summed E-state index contributed by atoms with van der Waals surface area (Å²) in [5.74, 6) is -0.584. The van der Waals surface area contributed by atoms with E-state index < -0.39 is 5.91 Å². The summed E-state index contributed by atoms with van der Waals surface area (Å²) in [5.41, 5.74) is 6.45. The van der Waals surface area contributed by atoms with E-state index in [-0.39, 0.29) is 11.5 Å². The highest BCUT2D eigenvalue weighted by molar-refractivity contribution is 9.10. The van der Waals surface area contributed by atoms with Gasteiger partial charge in [-0.15, -0.1) is 0 Å². The van der Waals surface area contributed by atoms with Gasteiger partial charge < -0.3 is 16.3 Å². The van der Waals surface area contributed by atoms with Crippen LogP contribution in [-0.4, -0.2) is 21.9 Å². The molecule has 6 nitrogen and oxygen atoms in total. The molecule has 0 unspecified atom stereocenters. The number of aromatic nitrogens is 1. The maximum atomic E-state index is 12.2. The number of hydrogen-bond acceptors (Lipinski definition) is 4. The van der Waals surface area contributed by atoms with Crippen molar-refractivity contribution in [1.82, 2.24) is 4.98 Å². The van der Waals surface area contributed by atoms with E-state index in [1.54, 1.807) is 24.3 Å². The highest BCUT2D eigenvalue weighted by Gasteiger charge is 2.15. The second kappa shape index (κ2) is 6.55. The fourth-order valence-corrected chi connectivity index (χ4v) is 2.24. The summed E-state index contributed by atoms with van der Waals surface area (Å²) in [6.45, 7) is 0. The Morgan fingerprint density at radius 2 is 2.19 bits per heavy atom. The fraction of sp³-hybridized carbons (Fsp3) is 0. The molecule has 1 aromatic carbocycles. The highest BCUT2D eigenvalue weighted by Crippen LogP contribution is 2.22. The Hall–Kier alpha value is -2.12. The Morgan fingerprint density at radius 1 is 1.43 bits per heavy atom. The van der Waals surface area contributed by atoms with Gasteiger partial charge in [0.1, 0.15) is 5.69 Å². The zero-order valence-corrected chi connectivity index (χ0v) is 12.9. The molecule has 1 amide bonds. The van der Waals surface area contributed by atoms with Crippen LogP contribution in [0.2, 0.25) is 5.02 Å². The molecule has 0 saturated heterocycles. The maximum Gasteiger partial charge on any atom is 0.275 e. The molecular weight excluding hydrogens is 360 g/mol. The van der Waals surface area contributed by atoms with Crippen LogP contribution in [0, 0.1) is 0 Å². The molecule has 21 heavy (non-hydrogen) atoms. The average molecular weight is 370 g/mol. The predicted molar refractivity (Wildman–Crippen MR) is 83.9 cm³/mol. The van der Waals surface area contributed by atoms with Gasteiger partial charge in [0, 0.05) is 21.3 Å². The van der Waals surface area contributed by atoms with Gasteiger partial charge in [0.25, 0.3) is 5.91 Å². The van der Waals surface area contributed by atoms with Crippen molar-refractivity contribution >= 4 is 45.0 Å². The zero-order valence-electron chi connectivity index (χ0n) is 10.5. The zero-order chi connectivity index (χ0) is 15.4. The molecule has 1 heterocycles. The summed E-state index contributed by atoms with van der Waals surface area (Å²) in [4.78, 5) is 16.2. The lowest BCUT2D eigenvalue weighted by Crippen LogP contribution is -2.20. The monoisotopic (exact) mass is 368 g/mol. The third-order valence-electron chi connectivity index (χ3n) is 2.59. The first-order chi connectivity index (χ1) is 10.0. The van der Waals surface area contributed by atoms with Gasteiger partial charge in [-0.2, -0.15) is 0 Å². The van der Waals surface area contributed by atoms with Crippen molar-refractivity contribution in [2.75, 3.05) is 5.32 Å². The first kappa shape index (κ1) is 15.3. The van der Waals surface area contributed by atoms with E-state index in [1.165, 1.54) is 12.3 Å². The molecule has 1 aromatic heterocycles. The number of nitrogens with zero attached hydrogens (tertiary/aromatic N) is 2. The molecule has 4 N–H and O–H groups in total. The van der Waals surface area contributed by atoms with Crippen LogP contribution in [0.25, 0.3) is 0 Å². The van der Waals surface area contributed by atoms with Crippen molar-refractivity contribution in [2.45, 2.75) is 0 Å². The number of anilines is 1. The smallest absolute Gasteiger partial charge is 0.275 e. The summed E-state index contributed by atoms with van der Waals surface area (Å²) in [5, 5.41) is 14.7. The number of oxime groups is 1. The number of carbonyl (C=O) groups excluding carboxylic acids is 1. The van der Waals surface area contributed by atoms with Gasteiger partial charge in [-0.05, 0) is 46.3 Å². The third kappa shape index (κ3) is 3.50. The number of hydrogen-bond donors (Lipinski definition) is 3. The molecular formula is C13H10BrClN4O2. The number of carbonyl (C=O) groups is 1. The molecule has 2 aromatic rings. The first-order valence-corrected chi connectivity index (χ1v) is 6.89. The Morgan fingerprint density at radius 3 is 2.86 bits per heavy atom. The minimum atomic E-state index is -0.447. The number of nitrogens with one attached hydrogen (secondary N) is 1. The number of pyridine rings is 1. The molecule has 0 spiro atoms. The van der Waals surface area contributed by atoms with Gasteiger partial charge in [0.15, 0.2) is 5.84 Å². The lowest BCUT2D eigenvalue weighted by atomic mass is 10.1. The van der Waals surface area contributed by atoms with Gasteiger partial charge in [-0.3, -0.25) is 4.79 Å². The van der Waals surface area contributed by atoms with Gasteiger partial charge in [-0.25, -0.2) is 4.98 Å². The number of halogens is 2. The van der Waals surface area contributed by atoms with Crippen LogP contribution >= 0.6 is 27.5 Å². The van der Waals surface area contributed by atoms with Crippen molar-refractivity contribution in [1.29, 1.82) is 0 Å². The quantitative estimate of drug-likeness (QED) is 0.335. The Balaban J connectivity index is 2.37. The normalized spacial score (nSPS) is 11.2. The minimum Gasteiger partial charge on any atom is -0.409 e. The molecule has 108 valence electrons. The van der Waals surface area contributed by atoms with E-state index in [1.807, 2.05) is 0 Å². The lowest BCUT2D eigenvalue weighted by molar-refractivity contribution is 0.102. The number of rotatable bonds is 3. The SMILES string of the molecule is N/C(=N/O)c1ccc(Cl)cc1NC(=O)c1ncccc1Br. The molecule has 0 aliphatic heterocycles. The summed E-state index contributed by atoms with van der Waals surface area (Å²) >= 11 is 9.15. The van der Waals surface area contributed by atoms with Crippen LogP contribution in [-0.2, 0) is 0 Å². The van der Waals surface area contributed by atoms with Crippen LogP contribution in [0.15, 0.2) is 46.2 Å². The number of amidine groups is 1. The molecule has 0 radical (unpaired) electrons. The third-order valence-corrected chi connectivity index (χ3v) is 3.46. The van der Waals surface area contributed by atoms with Crippen LogP contribution in [0.4, 0.5) is 5.69 Å². The maximum absolute atomic E-state index is 12.2. The van der Waals surface area contributed by atoms with E-state index in [0.29, 0.717) is 20.7 Å². The summed E-state index contributed by atoms with van der Waals surface area (Å²) in [6.07, 6.45) is 1.50. The largest absolute Gasteiger partial charge is 0.409 e. The van der Waals surface area contributed by atoms with Crippen LogP contribution in [0.3, 0.4) is 0 Å². The van der Waals surface area contributed by atoms with E-state index in [2.05, 4.69) is 31.4 Å². The Bertz CT molecular complexity index is 721. The number of nitrogens with two attached hydrogens (primary N) is 1. The predicted octanol–water partition coefficient (Wildman–Crippen LogP) is 2.84. The van der Waals surface area contributed by atoms with Crippen molar-refractivity contribution in [3.63, 3.8) is 0 Å². The molecule has 0 fully saturated rings. The topological polar surface area (TPSA) is 101 Å². The van der Waals surface area contributed by atoms with Crippen molar-refractivity contribution < 1.29 is 10.0 Å². The van der Waals surface area contributed by atoms with E-state index in [0.717, 1.165) is 0 Å². The Labute approximate surface area is 133 Å². The second-order valence-electron chi connectivity index (χ2n) is 3.96. The van der Waals surface area contributed by atoms with Gasteiger partial charge >= 0.3 is 0 Å².